The third kappa shape index (κ3) is 11.9. The monoisotopic (exact) mass is 552 g/mol. The lowest BCUT2D eigenvalue weighted by atomic mass is 9.87. The summed E-state index contributed by atoms with van der Waals surface area (Å²) in [6.45, 7) is 22.1. The number of esters is 1. The minimum atomic E-state index is -3.69. The first-order valence-corrected chi connectivity index (χ1v) is 17.9. The molecule has 1 fully saturated rings. The van der Waals surface area contributed by atoms with Gasteiger partial charge in [0.25, 0.3) is 10.1 Å². The molecule has 8 nitrogen and oxygen atoms in total. The molecule has 1 aliphatic rings. The third-order valence-electron chi connectivity index (χ3n) is 7.05. The number of carbonyl (C=O) groups excluding carboxylic acids is 1. The Morgan fingerprint density at radius 2 is 1.58 bits per heavy atom. The van der Waals surface area contributed by atoms with Crippen LogP contribution in [0.15, 0.2) is 0 Å². The first kappa shape index (κ1) is 33.5. The summed E-state index contributed by atoms with van der Waals surface area (Å²) in [5, 5.41) is 0.0202. The molecule has 0 saturated carbocycles. The molecule has 0 aromatic heterocycles. The largest absolute Gasteiger partial charge is 0.465 e. The molecule has 1 aliphatic heterocycles. The van der Waals surface area contributed by atoms with Crippen LogP contribution in [0, 0.1) is 17.3 Å². The van der Waals surface area contributed by atoms with Crippen molar-refractivity contribution in [3.05, 3.63) is 0 Å². The van der Waals surface area contributed by atoms with Gasteiger partial charge in [-0.05, 0) is 63.6 Å². The molecule has 0 bridgehead atoms. The van der Waals surface area contributed by atoms with Gasteiger partial charge in [0.1, 0.15) is 0 Å². The molecule has 4 atom stereocenters. The van der Waals surface area contributed by atoms with Crippen LogP contribution in [0.25, 0.3) is 0 Å². The fraction of sp³-hybridized carbons (Fsp3) is 0.962. The van der Waals surface area contributed by atoms with Gasteiger partial charge in [0.15, 0.2) is 14.6 Å². The average molecular weight is 553 g/mol. The fourth-order valence-electron chi connectivity index (χ4n) is 3.92. The van der Waals surface area contributed by atoms with E-state index < -0.39 is 30.0 Å². The van der Waals surface area contributed by atoms with E-state index in [-0.39, 0.29) is 48.3 Å². The zero-order chi connectivity index (χ0) is 27.9. The molecule has 1 heterocycles. The number of ether oxygens (including phenoxy) is 3. The number of rotatable bonds is 13. The van der Waals surface area contributed by atoms with Gasteiger partial charge in [0.2, 0.25) is 0 Å². The minimum Gasteiger partial charge on any atom is -0.465 e. The molecule has 214 valence electrons. The second kappa shape index (κ2) is 13.5. The van der Waals surface area contributed by atoms with E-state index in [1.165, 1.54) is 0 Å². The molecule has 0 spiro atoms. The maximum Gasteiger partial charge on any atom is 0.311 e. The van der Waals surface area contributed by atoms with Crippen LogP contribution < -0.4 is 0 Å². The van der Waals surface area contributed by atoms with Crippen LogP contribution in [0.5, 0.6) is 0 Å². The van der Waals surface area contributed by atoms with Crippen molar-refractivity contribution < 1.29 is 36.0 Å². The number of carbonyl (C=O) groups is 1. The fourth-order valence-corrected chi connectivity index (χ4v) is 6.09. The molecule has 0 aliphatic carbocycles. The Hall–Kier alpha value is -0.523. The first-order chi connectivity index (χ1) is 16.2. The van der Waals surface area contributed by atoms with Gasteiger partial charge < -0.3 is 18.6 Å². The summed E-state index contributed by atoms with van der Waals surface area (Å²) in [7, 11) is -5.82. The van der Waals surface area contributed by atoms with Gasteiger partial charge in [-0.15, -0.1) is 0 Å². The summed E-state index contributed by atoms with van der Waals surface area (Å²) in [6, 6.07) is 0. The second-order valence-corrected chi connectivity index (χ2v) is 19.2. The Morgan fingerprint density at radius 1 is 1.03 bits per heavy atom. The van der Waals surface area contributed by atoms with E-state index in [0.717, 1.165) is 12.7 Å². The van der Waals surface area contributed by atoms with Crippen LogP contribution in [0.2, 0.25) is 18.1 Å². The van der Waals surface area contributed by atoms with Gasteiger partial charge in [0.05, 0.1) is 43.7 Å². The highest BCUT2D eigenvalue weighted by Crippen LogP contribution is 2.40. The van der Waals surface area contributed by atoms with Crippen molar-refractivity contribution in [2.45, 2.75) is 118 Å². The first-order valence-electron chi connectivity index (χ1n) is 13.2. The van der Waals surface area contributed by atoms with Gasteiger partial charge in [-0.2, -0.15) is 8.42 Å². The van der Waals surface area contributed by atoms with Crippen molar-refractivity contribution in [3.8, 4) is 0 Å². The molecule has 0 aromatic carbocycles. The second-order valence-electron chi connectivity index (χ2n) is 12.9. The summed E-state index contributed by atoms with van der Waals surface area (Å²) in [6.07, 6.45) is 2.37. The van der Waals surface area contributed by atoms with Crippen molar-refractivity contribution in [2.24, 2.45) is 17.3 Å². The Morgan fingerprint density at radius 3 is 2.06 bits per heavy atom. The van der Waals surface area contributed by atoms with Gasteiger partial charge in [0, 0.05) is 12.8 Å². The van der Waals surface area contributed by atoms with Crippen LogP contribution in [0.3, 0.4) is 0 Å². The number of hydrogen-bond donors (Lipinski definition) is 0. The van der Waals surface area contributed by atoms with Crippen molar-refractivity contribution in [1.29, 1.82) is 0 Å². The highest BCUT2D eigenvalue weighted by atomic mass is 32.2. The summed E-state index contributed by atoms with van der Waals surface area (Å²) in [4.78, 5) is 12.2. The lowest BCUT2D eigenvalue weighted by molar-refractivity contribution is -0.190. The van der Waals surface area contributed by atoms with Crippen LogP contribution >= 0.6 is 0 Å². The Labute approximate surface area is 221 Å². The van der Waals surface area contributed by atoms with Crippen LogP contribution in [-0.4, -0.2) is 67.3 Å². The molecular weight excluding hydrogens is 500 g/mol. The van der Waals surface area contributed by atoms with E-state index in [1.807, 2.05) is 0 Å². The van der Waals surface area contributed by atoms with E-state index in [1.54, 1.807) is 20.8 Å². The van der Waals surface area contributed by atoms with E-state index >= 15 is 0 Å². The van der Waals surface area contributed by atoms with Gasteiger partial charge >= 0.3 is 5.97 Å². The van der Waals surface area contributed by atoms with Crippen molar-refractivity contribution in [1.82, 2.24) is 0 Å². The SMILES string of the molecule is C[C@H](C[C@H](CCOC(=O)C(C)(C)C)OS(C)(=O)=O)[C@H](O[Si](C)(C)C(C)(C)C)[C@@H](C)CC1OCCCO1. The van der Waals surface area contributed by atoms with Crippen LogP contribution in [-0.2, 0) is 37.7 Å². The molecule has 0 unspecified atom stereocenters. The molecule has 0 amide bonds. The van der Waals surface area contributed by atoms with Gasteiger partial charge in [-0.1, -0.05) is 34.6 Å². The van der Waals surface area contributed by atoms with Gasteiger partial charge in [-0.3, -0.25) is 8.98 Å². The Kier molecular flexibility index (Phi) is 12.6. The van der Waals surface area contributed by atoms with E-state index in [9.17, 15) is 13.2 Å². The third-order valence-corrected chi connectivity index (χ3v) is 12.1. The van der Waals surface area contributed by atoms with E-state index in [4.69, 9.17) is 22.8 Å². The number of hydrogen-bond acceptors (Lipinski definition) is 8. The maximum atomic E-state index is 12.2. The quantitative estimate of drug-likeness (QED) is 0.167. The average Bonchev–Trinajstić information content (AvgIpc) is 2.69. The summed E-state index contributed by atoms with van der Waals surface area (Å²) in [5.41, 5.74) is -0.624. The van der Waals surface area contributed by atoms with Crippen LogP contribution in [0.1, 0.15) is 81.1 Å². The standard InChI is InChI=1S/C26H52O8SSi/c1-19(17-21(33-35(9,28)29)13-16-32-24(27)25(3,4)5)23(34-36(10,11)26(6,7)8)20(2)18-22-30-14-12-15-31-22/h19-23H,12-18H2,1-11H3/t19-,20+,21+,23+/m1/s1. The molecular formula is C26H52O8SSi. The topological polar surface area (TPSA) is 97.4 Å². The lowest BCUT2D eigenvalue weighted by Gasteiger charge is -2.44. The van der Waals surface area contributed by atoms with Gasteiger partial charge in [-0.25, -0.2) is 0 Å². The predicted octanol–water partition coefficient (Wildman–Crippen LogP) is 5.52. The molecule has 0 aromatic rings. The molecule has 0 N–H and O–H groups in total. The summed E-state index contributed by atoms with van der Waals surface area (Å²) >= 11 is 0. The van der Waals surface area contributed by atoms with Crippen molar-refractivity contribution >= 4 is 24.4 Å². The highest BCUT2D eigenvalue weighted by molar-refractivity contribution is 7.86. The molecule has 1 rings (SSSR count). The normalized spacial score (nSPS) is 20.0. The van der Waals surface area contributed by atoms with Crippen molar-refractivity contribution in [2.75, 3.05) is 26.1 Å². The zero-order valence-electron chi connectivity index (χ0n) is 24.5. The van der Waals surface area contributed by atoms with E-state index in [0.29, 0.717) is 26.1 Å². The summed E-state index contributed by atoms with van der Waals surface area (Å²) < 4.78 is 53.4. The molecule has 10 heteroatoms. The highest BCUT2D eigenvalue weighted by Gasteiger charge is 2.42. The Bertz CT molecular complexity index is 779. The minimum absolute atomic E-state index is 0.0113. The lowest BCUT2D eigenvalue weighted by Crippen LogP contribution is -2.48. The van der Waals surface area contributed by atoms with E-state index in [2.05, 4.69) is 47.7 Å². The molecule has 1 saturated heterocycles. The smallest absolute Gasteiger partial charge is 0.311 e. The maximum absolute atomic E-state index is 12.2. The molecule has 36 heavy (non-hydrogen) atoms. The summed E-state index contributed by atoms with van der Waals surface area (Å²) in [5.74, 6) is -0.216. The Balaban J connectivity index is 3.05. The zero-order valence-corrected chi connectivity index (χ0v) is 26.3. The molecule has 0 radical (unpaired) electrons. The van der Waals surface area contributed by atoms with Crippen LogP contribution in [0.4, 0.5) is 0 Å². The predicted molar refractivity (Wildman–Crippen MR) is 145 cm³/mol. The van der Waals surface area contributed by atoms with Crippen molar-refractivity contribution in [3.63, 3.8) is 0 Å².